The molecule has 0 aromatic heterocycles. The van der Waals surface area contributed by atoms with Gasteiger partial charge in [-0.1, -0.05) is 37.3 Å². The van der Waals surface area contributed by atoms with E-state index in [9.17, 15) is 0 Å². The third-order valence-electron chi connectivity index (χ3n) is 2.09. The molecule has 1 aliphatic heterocycles. The fraction of sp³-hybridized carbons (Fsp3) is 0.273. The Labute approximate surface area is 77.7 Å². The van der Waals surface area contributed by atoms with Crippen molar-refractivity contribution in [1.29, 1.82) is 0 Å². The molecule has 1 aliphatic rings. The predicted octanol–water partition coefficient (Wildman–Crippen LogP) is 3.55. The molecule has 2 rings (SSSR count). The van der Waals surface area contributed by atoms with Crippen LogP contribution < -0.4 is 0 Å². The van der Waals surface area contributed by atoms with Gasteiger partial charge in [0, 0.05) is 5.25 Å². The summed E-state index contributed by atoms with van der Waals surface area (Å²) in [5, 5.41) is 3.06. The molecule has 0 N–H and O–H groups in total. The molecule has 1 heterocycles. The van der Waals surface area contributed by atoms with Gasteiger partial charge in [0.2, 0.25) is 0 Å². The van der Waals surface area contributed by atoms with E-state index in [1.165, 1.54) is 17.6 Å². The largest absolute Gasteiger partial charge is 0.130 e. The lowest BCUT2D eigenvalue weighted by Crippen LogP contribution is -1.89. The minimum absolute atomic E-state index is 0.764. The fourth-order valence-corrected chi connectivity index (χ4v) is 2.35. The molecule has 0 amide bonds. The molecule has 0 saturated heterocycles. The zero-order valence-electron chi connectivity index (χ0n) is 7.16. The predicted molar refractivity (Wildman–Crippen MR) is 56.1 cm³/mol. The van der Waals surface area contributed by atoms with Gasteiger partial charge in [0.1, 0.15) is 0 Å². The second kappa shape index (κ2) is 3.36. The Morgan fingerprint density at radius 3 is 2.58 bits per heavy atom. The van der Waals surface area contributed by atoms with Crippen molar-refractivity contribution in [2.45, 2.75) is 18.6 Å². The summed E-state index contributed by atoms with van der Waals surface area (Å²) < 4.78 is 0. The van der Waals surface area contributed by atoms with Gasteiger partial charge < -0.3 is 0 Å². The van der Waals surface area contributed by atoms with E-state index in [-0.39, 0.29) is 0 Å². The highest BCUT2D eigenvalue weighted by Gasteiger charge is 2.13. The molecule has 0 nitrogen and oxygen atoms in total. The van der Waals surface area contributed by atoms with Crippen LogP contribution in [0.2, 0.25) is 0 Å². The average Bonchev–Trinajstić information content (AvgIpc) is 2.54. The number of allylic oxidation sites excluding steroid dienone is 1. The van der Waals surface area contributed by atoms with Crippen LogP contribution in [0.1, 0.15) is 18.9 Å². The lowest BCUT2D eigenvalue weighted by atomic mass is 10.0. The Hall–Kier alpha value is -0.690. The highest BCUT2D eigenvalue weighted by atomic mass is 32.2. The van der Waals surface area contributed by atoms with Crippen LogP contribution in [0.15, 0.2) is 35.7 Å². The van der Waals surface area contributed by atoms with Crippen LogP contribution in [0, 0.1) is 0 Å². The summed E-state index contributed by atoms with van der Waals surface area (Å²) in [5.41, 5.74) is 2.88. The Kier molecular flexibility index (Phi) is 2.22. The first-order chi connectivity index (χ1) is 5.86. The Bertz CT molecular complexity index is 287. The van der Waals surface area contributed by atoms with E-state index in [2.05, 4.69) is 42.7 Å². The smallest absolute Gasteiger partial charge is 0.0101 e. The van der Waals surface area contributed by atoms with E-state index in [1.54, 1.807) is 0 Å². The van der Waals surface area contributed by atoms with Crippen LogP contribution in [0.25, 0.3) is 5.57 Å². The molecule has 1 unspecified atom stereocenters. The fourth-order valence-electron chi connectivity index (χ4n) is 1.44. The van der Waals surface area contributed by atoms with E-state index in [4.69, 9.17) is 0 Å². The number of hydrogen-bond acceptors (Lipinski definition) is 1. The molecule has 1 aromatic rings. The molecule has 0 radical (unpaired) electrons. The summed E-state index contributed by atoms with van der Waals surface area (Å²) in [6.45, 7) is 2.27. The van der Waals surface area contributed by atoms with Crippen LogP contribution in [0.5, 0.6) is 0 Å². The number of hydrogen-bond donors (Lipinski definition) is 0. The van der Waals surface area contributed by atoms with Gasteiger partial charge in [0.25, 0.3) is 0 Å². The summed E-state index contributed by atoms with van der Waals surface area (Å²) in [4.78, 5) is 0. The summed E-state index contributed by atoms with van der Waals surface area (Å²) in [6.07, 6.45) is 1.22. The van der Waals surface area contributed by atoms with Gasteiger partial charge in [-0.05, 0) is 23.0 Å². The molecule has 0 bridgehead atoms. The summed E-state index contributed by atoms with van der Waals surface area (Å²) >= 11 is 1.94. The van der Waals surface area contributed by atoms with Gasteiger partial charge in [0.05, 0.1) is 0 Å². The van der Waals surface area contributed by atoms with Gasteiger partial charge in [-0.15, -0.1) is 11.8 Å². The maximum absolute atomic E-state index is 2.29. The van der Waals surface area contributed by atoms with Crippen LogP contribution in [0.4, 0.5) is 0 Å². The van der Waals surface area contributed by atoms with Crippen molar-refractivity contribution >= 4 is 17.3 Å². The molecule has 0 saturated carbocycles. The van der Waals surface area contributed by atoms with Gasteiger partial charge >= 0.3 is 0 Å². The molecule has 12 heavy (non-hydrogen) atoms. The van der Waals surface area contributed by atoms with Crippen molar-refractivity contribution < 1.29 is 0 Å². The first-order valence-electron chi connectivity index (χ1n) is 4.26. The first kappa shape index (κ1) is 7.93. The van der Waals surface area contributed by atoms with Crippen LogP contribution >= 0.6 is 11.8 Å². The minimum atomic E-state index is 0.764. The summed E-state index contributed by atoms with van der Waals surface area (Å²) in [5.74, 6) is 0. The minimum Gasteiger partial charge on any atom is -0.130 e. The second-order valence-corrected chi connectivity index (χ2v) is 4.47. The Morgan fingerprint density at radius 2 is 2.00 bits per heavy atom. The van der Waals surface area contributed by atoms with Gasteiger partial charge in [-0.2, -0.15) is 0 Å². The van der Waals surface area contributed by atoms with Crippen LogP contribution in [-0.2, 0) is 0 Å². The first-order valence-corrected chi connectivity index (χ1v) is 5.20. The van der Waals surface area contributed by atoms with Gasteiger partial charge in [0.15, 0.2) is 0 Å². The lowest BCUT2D eigenvalue weighted by Gasteiger charge is -2.01. The van der Waals surface area contributed by atoms with Crippen molar-refractivity contribution in [2.24, 2.45) is 0 Å². The molecule has 62 valence electrons. The number of benzene rings is 1. The molecule has 1 aromatic carbocycles. The normalized spacial score (nSPS) is 22.4. The average molecular weight is 176 g/mol. The standard InChI is InChI=1S/C11H12S/c1-9-7-11(8-12-9)10-5-3-2-4-6-10/h2-6,8-9H,7H2,1H3. The molecule has 1 atom stereocenters. The summed E-state index contributed by atoms with van der Waals surface area (Å²) in [7, 11) is 0. The van der Waals surface area contributed by atoms with E-state index < -0.39 is 0 Å². The lowest BCUT2D eigenvalue weighted by molar-refractivity contribution is 1.02. The second-order valence-electron chi connectivity index (χ2n) is 3.16. The van der Waals surface area contributed by atoms with Gasteiger partial charge in [-0.3, -0.25) is 0 Å². The third kappa shape index (κ3) is 1.56. The highest BCUT2D eigenvalue weighted by Crippen LogP contribution is 2.35. The molecule has 0 aliphatic carbocycles. The van der Waals surface area contributed by atoms with Crippen LogP contribution in [0.3, 0.4) is 0 Å². The molecular weight excluding hydrogens is 164 g/mol. The Balaban J connectivity index is 2.22. The van der Waals surface area contributed by atoms with Crippen molar-refractivity contribution in [3.63, 3.8) is 0 Å². The van der Waals surface area contributed by atoms with Crippen molar-refractivity contribution in [1.82, 2.24) is 0 Å². The molecule has 1 heteroatoms. The number of rotatable bonds is 1. The van der Waals surface area contributed by atoms with Crippen molar-refractivity contribution in [3.05, 3.63) is 41.3 Å². The van der Waals surface area contributed by atoms with E-state index in [0.717, 1.165) is 5.25 Å². The molecule has 0 fully saturated rings. The zero-order chi connectivity index (χ0) is 8.39. The zero-order valence-corrected chi connectivity index (χ0v) is 7.97. The van der Waals surface area contributed by atoms with E-state index in [0.29, 0.717) is 0 Å². The molecular formula is C11H12S. The monoisotopic (exact) mass is 176 g/mol. The van der Waals surface area contributed by atoms with Crippen molar-refractivity contribution in [2.75, 3.05) is 0 Å². The van der Waals surface area contributed by atoms with Crippen molar-refractivity contribution in [3.8, 4) is 0 Å². The quantitative estimate of drug-likeness (QED) is 0.630. The summed E-state index contributed by atoms with van der Waals surface area (Å²) in [6, 6.07) is 10.6. The highest BCUT2D eigenvalue weighted by molar-refractivity contribution is 8.03. The number of thioether (sulfide) groups is 1. The van der Waals surface area contributed by atoms with Crippen LogP contribution in [-0.4, -0.2) is 5.25 Å². The third-order valence-corrected chi connectivity index (χ3v) is 3.15. The molecule has 0 spiro atoms. The Morgan fingerprint density at radius 1 is 1.25 bits per heavy atom. The maximum Gasteiger partial charge on any atom is 0.0101 e. The maximum atomic E-state index is 2.29. The van der Waals surface area contributed by atoms with E-state index >= 15 is 0 Å². The van der Waals surface area contributed by atoms with Gasteiger partial charge in [-0.25, -0.2) is 0 Å². The topological polar surface area (TPSA) is 0 Å². The SMILES string of the molecule is CC1CC(c2ccccc2)=CS1. The van der Waals surface area contributed by atoms with E-state index in [1.807, 2.05) is 11.8 Å².